The maximum Gasteiger partial charge on any atom is 0.0171 e. The molecule has 0 aromatic carbocycles. The standard InChI is InChI=1S/C8H15Br/c1-7-5-3-2-4-6-8(7)9/h7-8H,2-6H2,1H3/t7-,8-/m0/s1. The highest BCUT2D eigenvalue weighted by Gasteiger charge is 2.15. The zero-order valence-electron chi connectivity index (χ0n) is 6.07. The van der Waals surface area contributed by atoms with Gasteiger partial charge in [0.25, 0.3) is 0 Å². The summed E-state index contributed by atoms with van der Waals surface area (Å²) in [6.07, 6.45) is 7.15. The largest absolute Gasteiger partial charge is 0.0888 e. The fraction of sp³-hybridized carbons (Fsp3) is 1.00. The number of rotatable bonds is 0. The minimum atomic E-state index is 0.806. The Kier molecular flexibility index (Phi) is 3.03. The van der Waals surface area contributed by atoms with E-state index in [1.807, 2.05) is 0 Å². The predicted octanol–water partition coefficient (Wildman–Crippen LogP) is 3.35. The molecule has 0 aromatic heterocycles. The van der Waals surface area contributed by atoms with Crippen molar-refractivity contribution in [3.05, 3.63) is 0 Å². The van der Waals surface area contributed by atoms with Crippen molar-refractivity contribution >= 4 is 15.9 Å². The van der Waals surface area contributed by atoms with Crippen LogP contribution in [0.2, 0.25) is 0 Å². The van der Waals surface area contributed by atoms with Crippen LogP contribution in [0.25, 0.3) is 0 Å². The summed E-state index contributed by atoms with van der Waals surface area (Å²) in [5, 5.41) is 0. The lowest BCUT2D eigenvalue weighted by Crippen LogP contribution is -2.07. The van der Waals surface area contributed by atoms with Gasteiger partial charge in [-0.2, -0.15) is 0 Å². The van der Waals surface area contributed by atoms with E-state index in [9.17, 15) is 0 Å². The van der Waals surface area contributed by atoms with Crippen LogP contribution in [0.5, 0.6) is 0 Å². The van der Waals surface area contributed by atoms with Gasteiger partial charge in [0.1, 0.15) is 0 Å². The first-order valence-electron chi connectivity index (χ1n) is 3.95. The van der Waals surface area contributed by atoms with Crippen LogP contribution < -0.4 is 0 Å². The molecule has 0 heterocycles. The number of hydrogen-bond donors (Lipinski definition) is 0. The van der Waals surface area contributed by atoms with Gasteiger partial charge in [-0.15, -0.1) is 0 Å². The summed E-state index contributed by atoms with van der Waals surface area (Å²) in [6, 6.07) is 0. The Balaban J connectivity index is 2.32. The van der Waals surface area contributed by atoms with Crippen LogP contribution in [0, 0.1) is 5.92 Å². The van der Waals surface area contributed by atoms with Crippen LogP contribution >= 0.6 is 15.9 Å². The van der Waals surface area contributed by atoms with Crippen molar-refractivity contribution in [3.63, 3.8) is 0 Å². The van der Waals surface area contributed by atoms with E-state index >= 15 is 0 Å². The molecule has 0 N–H and O–H groups in total. The highest BCUT2D eigenvalue weighted by molar-refractivity contribution is 9.09. The Bertz CT molecular complexity index is 70.6. The van der Waals surface area contributed by atoms with Gasteiger partial charge in [0.15, 0.2) is 0 Å². The molecular weight excluding hydrogens is 176 g/mol. The zero-order chi connectivity index (χ0) is 6.69. The first kappa shape index (κ1) is 7.59. The molecule has 0 aromatic rings. The molecule has 1 heteroatoms. The lowest BCUT2D eigenvalue weighted by atomic mass is 10.0. The lowest BCUT2D eigenvalue weighted by molar-refractivity contribution is 0.524. The van der Waals surface area contributed by atoms with Gasteiger partial charge in [-0.05, 0) is 18.8 Å². The maximum absolute atomic E-state index is 3.70. The SMILES string of the molecule is C[C@H]1CCCCC[C@@H]1Br. The smallest absolute Gasteiger partial charge is 0.0171 e. The molecule has 0 radical (unpaired) electrons. The number of halogens is 1. The second-order valence-electron chi connectivity index (χ2n) is 3.13. The normalized spacial score (nSPS) is 38.0. The molecule has 1 aliphatic carbocycles. The zero-order valence-corrected chi connectivity index (χ0v) is 7.65. The van der Waals surface area contributed by atoms with Crippen molar-refractivity contribution in [2.45, 2.75) is 43.9 Å². The maximum atomic E-state index is 3.70. The summed E-state index contributed by atoms with van der Waals surface area (Å²) in [5.74, 6) is 0.910. The Hall–Kier alpha value is 0.480. The third kappa shape index (κ3) is 2.29. The average molecular weight is 191 g/mol. The molecule has 54 valence electrons. The average Bonchev–Trinajstić information content (AvgIpc) is 1.99. The molecule has 0 nitrogen and oxygen atoms in total. The van der Waals surface area contributed by atoms with Crippen molar-refractivity contribution in [3.8, 4) is 0 Å². The summed E-state index contributed by atoms with van der Waals surface area (Å²) in [5.41, 5.74) is 0. The van der Waals surface area contributed by atoms with Gasteiger partial charge in [-0.1, -0.05) is 42.1 Å². The van der Waals surface area contributed by atoms with E-state index in [1.54, 1.807) is 0 Å². The minimum Gasteiger partial charge on any atom is -0.0888 e. The Morgan fingerprint density at radius 1 is 1.11 bits per heavy atom. The Morgan fingerprint density at radius 3 is 2.56 bits per heavy atom. The summed E-state index contributed by atoms with van der Waals surface area (Å²) >= 11 is 3.70. The van der Waals surface area contributed by atoms with Crippen molar-refractivity contribution < 1.29 is 0 Å². The van der Waals surface area contributed by atoms with Crippen LogP contribution in [0.4, 0.5) is 0 Å². The molecule has 0 unspecified atom stereocenters. The molecule has 0 aliphatic heterocycles. The van der Waals surface area contributed by atoms with E-state index < -0.39 is 0 Å². The first-order valence-corrected chi connectivity index (χ1v) is 4.86. The van der Waals surface area contributed by atoms with E-state index in [-0.39, 0.29) is 0 Å². The second-order valence-corrected chi connectivity index (χ2v) is 4.31. The summed E-state index contributed by atoms with van der Waals surface area (Å²) in [6.45, 7) is 2.35. The van der Waals surface area contributed by atoms with E-state index in [0.29, 0.717) is 0 Å². The van der Waals surface area contributed by atoms with Crippen LogP contribution in [-0.4, -0.2) is 4.83 Å². The third-order valence-electron chi connectivity index (χ3n) is 2.26. The molecule has 0 amide bonds. The molecule has 1 aliphatic rings. The molecule has 9 heavy (non-hydrogen) atoms. The fourth-order valence-corrected chi connectivity index (χ4v) is 2.04. The summed E-state index contributed by atoms with van der Waals surface area (Å²) < 4.78 is 0. The van der Waals surface area contributed by atoms with Crippen molar-refractivity contribution in [2.24, 2.45) is 5.92 Å². The van der Waals surface area contributed by atoms with Gasteiger partial charge in [0.2, 0.25) is 0 Å². The monoisotopic (exact) mass is 190 g/mol. The Morgan fingerprint density at radius 2 is 1.78 bits per heavy atom. The summed E-state index contributed by atoms with van der Waals surface area (Å²) in [7, 11) is 0. The van der Waals surface area contributed by atoms with Gasteiger partial charge < -0.3 is 0 Å². The van der Waals surface area contributed by atoms with Gasteiger partial charge in [0.05, 0.1) is 0 Å². The molecule has 1 rings (SSSR count). The van der Waals surface area contributed by atoms with E-state index in [0.717, 1.165) is 10.7 Å². The van der Waals surface area contributed by atoms with Gasteiger partial charge in [-0.25, -0.2) is 0 Å². The topological polar surface area (TPSA) is 0 Å². The van der Waals surface area contributed by atoms with Gasteiger partial charge in [0, 0.05) is 4.83 Å². The highest BCUT2D eigenvalue weighted by atomic mass is 79.9. The molecule has 1 saturated carbocycles. The fourth-order valence-electron chi connectivity index (χ4n) is 1.45. The number of hydrogen-bond acceptors (Lipinski definition) is 0. The predicted molar refractivity (Wildman–Crippen MR) is 45.0 cm³/mol. The third-order valence-corrected chi connectivity index (χ3v) is 3.62. The van der Waals surface area contributed by atoms with Crippen LogP contribution in [0.15, 0.2) is 0 Å². The minimum absolute atomic E-state index is 0.806. The molecular formula is C8H15Br. The highest BCUT2D eigenvalue weighted by Crippen LogP contribution is 2.27. The number of alkyl halides is 1. The van der Waals surface area contributed by atoms with Crippen LogP contribution in [-0.2, 0) is 0 Å². The van der Waals surface area contributed by atoms with Gasteiger partial charge >= 0.3 is 0 Å². The first-order chi connectivity index (χ1) is 4.30. The molecule has 0 spiro atoms. The van der Waals surface area contributed by atoms with E-state index in [2.05, 4.69) is 22.9 Å². The van der Waals surface area contributed by atoms with Crippen LogP contribution in [0.1, 0.15) is 39.0 Å². The molecule has 0 saturated heterocycles. The molecule has 1 fully saturated rings. The quantitative estimate of drug-likeness (QED) is 0.407. The van der Waals surface area contributed by atoms with Crippen molar-refractivity contribution in [1.82, 2.24) is 0 Å². The second kappa shape index (κ2) is 3.60. The van der Waals surface area contributed by atoms with Gasteiger partial charge in [-0.3, -0.25) is 0 Å². The Labute approximate surface area is 66.2 Å². The summed E-state index contributed by atoms with van der Waals surface area (Å²) in [4.78, 5) is 0.806. The van der Waals surface area contributed by atoms with Crippen molar-refractivity contribution in [2.75, 3.05) is 0 Å². The molecule has 0 bridgehead atoms. The van der Waals surface area contributed by atoms with Crippen molar-refractivity contribution in [1.29, 1.82) is 0 Å². The van der Waals surface area contributed by atoms with E-state index in [1.165, 1.54) is 32.1 Å². The lowest BCUT2D eigenvalue weighted by Gasteiger charge is -2.12. The van der Waals surface area contributed by atoms with Crippen LogP contribution in [0.3, 0.4) is 0 Å². The van der Waals surface area contributed by atoms with E-state index in [4.69, 9.17) is 0 Å². The molecule has 2 atom stereocenters.